The maximum atomic E-state index is 12.4. The van der Waals surface area contributed by atoms with Gasteiger partial charge in [0.05, 0.1) is 17.4 Å². The van der Waals surface area contributed by atoms with Crippen LogP contribution in [0.5, 0.6) is 0 Å². The van der Waals surface area contributed by atoms with Crippen LogP contribution in [0.15, 0.2) is 11.4 Å². The second kappa shape index (κ2) is 6.31. The second-order valence-corrected chi connectivity index (χ2v) is 7.32. The average molecular weight is 336 g/mol. The number of hydrogen-bond acceptors (Lipinski definition) is 4. The second-order valence-electron chi connectivity index (χ2n) is 6.32. The van der Waals surface area contributed by atoms with Gasteiger partial charge < -0.3 is 5.11 Å². The van der Waals surface area contributed by atoms with Crippen molar-refractivity contribution < 1.29 is 19.5 Å². The fourth-order valence-corrected chi connectivity index (χ4v) is 4.80. The van der Waals surface area contributed by atoms with Crippen molar-refractivity contribution in [1.29, 1.82) is 0 Å². The van der Waals surface area contributed by atoms with E-state index in [-0.39, 0.29) is 23.7 Å². The van der Waals surface area contributed by atoms with E-state index in [1.54, 1.807) is 11.4 Å². The molecule has 3 N–H and O–H groups in total. The number of rotatable bonds is 4. The van der Waals surface area contributed by atoms with E-state index in [1.165, 1.54) is 11.3 Å². The predicted octanol–water partition coefficient (Wildman–Crippen LogP) is 1.82. The Balaban J connectivity index is 1.60. The van der Waals surface area contributed by atoms with Crippen LogP contribution in [-0.2, 0) is 16.0 Å². The number of aryl methyl sites for hydroxylation is 1. The van der Waals surface area contributed by atoms with E-state index in [1.807, 2.05) is 6.92 Å². The lowest BCUT2D eigenvalue weighted by Crippen LogP contribution is -2.48. The molecule has 0 unspecified atom stereocenters. The van der Waals surface area contributed by atoms with Crippen molar-refractivity contribution >= 4 is 29.1 Å². The molecule has 3 rings (SSSR count). The number of thiophene rings is 1. The van der Waals surface area contributed by atoms with Gasteiger partial charge in [-0.3, -0.25) is 25.2 Å². The van der Waals surface area contributed by atoms with Gasteiger partial charge in [-0.15, -0.1) is 11.3 Å². The van der Waals surface area contributed by atoms with Crippen LogP contribution in [0.2, 0.25) is 0 Å². The van der Waals surface area contributed by atoms with Crippen LogP contribution in [0.3, 0.4) is 0 Å². The molecular weight excluding hydrogens is 316 g/mol. The number of carbonyl (C=O) groups is 3. The highest BCUT2D eigenvalue weighted by atomic mass is 32.1. The van der Waals surface area contributed by atoms with Crippen LogP contribution in [0.25, 0.3) is 0 Å². The quantitative estimate of drug-likeness (QED) is 0.731. The number of carboxylic acid groups (broad SMARTS) is 1. The first-order chi connectivity index (χ1) is 11.0. The number of hydrazine groups is 1. The molecule has 1 aromatic rings. The van der Waals surface area contributed by atoms with E-state index in [0.29, 0.717) is 5.56 Å². The SMILES string of the molecule is CCc1cc(C(=O)NNC(=O)[C@@H]2[C@H]3CC[C@@H](C3)[C@H]2C(=O)O)cs1. The summed E-state index contributed by atoms with van der Waals surface area (Å²) in [6.45, 7) is 2.01. The van der Waals surface area contributed by atoms with E-state index >= 15 is 0 Å². The zero-order valence-corrected chi connectivity index (χ0v) is 13.7. The van der Waals surface area contributed by atoms with Crippen molar-refractivity contribution in [2.45, 2.75) is 32.6 Å². The first kappa shape index (κ1) is 16.0. The number of fused-ring (bicyclic) bond motifs is 2. The largest absolute Gasteiger partial charge is 0.481 e. The molecule has 1 aromatic heterocycles. The molecule has 0 saturated heterocycles. The Labute approximate surface area is 138 Å². The maximum Gasteiger partial charge on any atom is 0.307 e. The Bertz CT molecular complexity index is 642. The molecule has 1 heterocycles. The molecule has 2 saturated carbocycles. The monoisotopic (exact) mass is 336 g/mol. The summed E-state index contributed by atoms with van der Waals surface area (Å²) in [5.41, 5.74) is 5.34. The molecule has 23 heavy (non-hydrogen) atoms. The van der Waals surface area contributed by atoms with Crippen LogP contribution in [0.1, 0.15) is 41.4 Å². The summed E-state index contributed by atoms with van der Waals surface area (Å²) in [4.78, 5) is 36.9. The fourth-order valence-electron chi connectivity index (χ4n) is 3.98. The van der Waals surface area contributed by atoms with Gasteiger partial charge >= 0.3 is 5.97 Å². The van der Waals surface area contributed by atoms with E-state index in [2.05, 4.69) is 10.9 Å². The zero-order valence-electron chi connectivity index (χ0n) is 12.9. The smallest absolute Gasteiger partial charge is 0.307 e. The highest BCUT2D eigenvalue weighted by Gasteiger charge is 2.54. The zero-order chi connectivity index (χ0) is 16.6. The third-order valence-corrected chi connectivity index (χ3v) is 6.15. The van der Waals surface area contributed by atoms with Crippen molar-refractivity contribution in [3.8, 4) is 0 Å². The summed E-state index contributed by atoms with van der Waals surface area (Å²) in [5.74, 6) is -2.63. The highest BCUT2D eigenvalue weighted by molar-refractivity contribution is 7.10. The van der Waals surface area contributed by atoms with Crippen LogP contribution in [-0.4, -0.2) is 22.9 Å². The molecule has 2 aliphatic rings. The van der Waals surface area contributed by atoms with Gasteiger partial charge in [0.25, 0.3) is 5.91 Å². The van der Waals surface area contributed by atoms with Crippen molar-refractivity contribution in [3.05, 3.63) is 21.9 Å². The van der Waals surface area contributed by atoms with Crippen molar-refractivity contribution in [2.24, 2.45) is 23.7 Å². The van der Waals surface area contributed by atoms with Crippen LogP contribution in [0.4, 0.5) is 0 Å². The lowest BCUT2D eigenvalue weighted by atomic mass is 9.79. The van der Waals surface area contributed by atoms with Crippen LogP contribution in [0, 0.1) is 23.7 Å². The van der Waals surface area contributed by atoms with E-state index < -0.39 is 17.8 Å². The number of amides is 2. The molecule has 2 bridgehead atoms. The normalized spacial score (nSPS) is 28.6. The van der Waals surface area contributed by atoms with Gasteiger partial charge in [-0.25, -0.2) is 0 Å². The Morgan fingerprint density at radius 2 is 1.91 bits per heavy atom. The van der Waals surface area contributed by atoms with Gasteiger partial charge in [0, 0.05) is 10.3 Å². The molecule has 0 spiro atoms. The Morgan fingerprint density at radius 1 is 1.22 bits per heavy atom. The molecule has 0 radical (unpaired) electrons. The van der Waals surface area contributed by atoms with Crippen molar-refractivity contribution in [3.63, 3.8) is 0 Å². The lowest BCUT2D eigenvalue weighted by molar-refractivity contribution is -0.149. The molecule has 6 nitrogen and oxygen atoms in total. The summed E-state index contributed by atoms with van der Waals surface area (Å²) in [6, 6.07) is 1.80. The number of hydrogen-bond donors (Lipinski definition) is 3. The molecule has 7 heteroatoms. The Hall–Kier alpha value is -1.89. The molecule has 0 aliphatic heterocycles. The molecular formula is C16H20N2O4S. The molecule has 2 fully saturated rings. The van der Waals surface area contributed by atoms with Crippen molar-refractivity contribution in [2.75, 3.05) is 0 Å². The molecule has 4 atom stereocenters. The summed E-state index contributed by atoms with van der Waals surface area (Å²) in [6.07, 6.45) is 3.43. The maximum absolute atomic E-state index is 12.4. The number of carboxylic acids is 1. The first-order valence-corrected chi connectivity index (χ1v) is 8.79. The predicted molar refractivity (Wildman–Crippen MR) is 84.8 cm³/mol. The standard InChI is InChI=1S/C16H20N2O4S/c1-2-11-6-10(7-23-11)14(19)17-18-15(20)12-8-3-4-9(5-8)13(12)16(21)22/h6-9,12-13H,2-5H2,1H3,(H,17,19)(H,18,20)(H,21,22)/t8-,9-,12+,13+/m0/s1. The van der Waals surface area contributed by atoms with Crippen molar-refractivity contribution in [1.82, 2.24) is 10.9 Å². The minimum Gasteiger partial charge on any atom is -0.481 e. The summed E-state index contributed by atoms with van der Waals surface area (Å²) in [5, 5.41) is 11.1. The fraction of sp³-hybridized carbons (Fsp3) is 0.562. The summed E-state index contributed by atoms with van der Waals surface area (Å²) < 4.78 is 0. The Morgan fingerprint density at radius 3 is 2.52 bits per heavy atom. The van der Waals surface area contributed by atoms with Gasteiger partial charge in [-0.2, -0.15) is 0 Å². The number of nitrogens with one attached hydrogen (secondary N) is 2. The number of aliphatic carboxylic acids is 1. The van der Waals surface area contributed by atoms with E-state index in [0.717, 1.165) is 30.6 Å². The molecule has 2 amide bonds. The topological polar surface area (TPSA) is 95.5 Å². The van der Waals surface area contributed by atoms with Gasteiger partial charge in [0.15, 0.2) is 0 Å². The summed E-state index contributed by atoms with van der Waals surface area (Å²) >= 11 is 1.50. The van der Waals surface area contributed by atoms with Gasteiger partial charge in [0.2, 0.25) is 5.91 Å². The van der Waals surface area contributed by atoms with Crippen LogP contribution < -0.4 is 10.9 Å². The third kappa shape index (κ3) is 2.97. The van der Waals surface area contributed by atoms with Gasteiger partial charge in [-0.05, 0) is 43.6 Å². The van der Waals surface area contributed by atoms with Gasteiger partial charge in [0.1, 0.15) is 0 Å². The third-order valence-electron chi connectivity index (χ3n) is 5.07. The van der Waals surface area contributed by atoms with Crippen LogP contribution >= 0.6 is 11.3 Å². The number of carbonyl (C=O) groups excluding carboxylic acids is 2. The Kier molecular flexibility index (Phi) is 4.39. The minimum atomic E-state index is -0.908. The van der Waals surface area contributed by atoms with E-state index in [4.69, 9.17) is 0 Å². The summed E-state index contributed by atoms with van der Waals surface area (Å²) in [7, 11) is 0. The van der Waals surface area contributed by atoms with E-state index in [9.17, 15) is 19.5 Å². The van der Waals surface area contributed by atoms with Gasteiger partial charge in [-0.1, -0.05) is 6.92 Å². The molecule has 124 valence electrons. The molecule has 2 aliphatic carbocycles. The highest BCUT2D eigenvalue weighted by Crippen LogP contribution is 2.52. The molecule has 0 aromatic carbocycles. The lowest BCUT2D eigenvalue weighted by Gasteiger charge is -2.26. The average Bonchev–Trinajstić information content (AvgIpc) is 3.25. The minimum absolute atomic E-state index is 0.0907. The first-order valence-electron chi connectivity index (χ1n) is 7.91.